The van der Waals surface area contributed by atoms with E-state index in [0.717, 1.165) is 38.3 Å². The van der Waals surface area contributed by atoms with Crippen LogP contribution in [0.5, 0.6) is 5.75 Å². The van der Waals surface area contributed by atoms with E-state index in [1.54, 1.807) is 0 Å². The van der Waals surface area contributed by atoms with Gasteiger partial charge in [-0.15, -0.1) is 0 Å². The molecule has 0 bridgehead atoms. The van der Waals surface area contributed by atoms with E-state index in [1.165, 1.54) is 16.9 Å². The minimum atomic E-state index is 0.480. The van der Waals surface area contributed by atoms with Crippen molar-refractivity contribution < 1.29 is 4.74 Å². The van der Waals surface area contributed by atoms with Crippen molar-refractivity contribution in [2.75, 3.05) is 29.9 Å². The Morgan fingerprint density at radius 1 is 1.10 bits per heavy atom. The summed E-state index contributed by atoms with van der Waals surface area (Å²) in [5.41, 5.74) is 3.96. The molecule has 0 amide bonds. The van der Waals surface area contributed by atoms with Crippen molar-refractivity contribution in [2.45, 2.75) is 18.9 Å². The summed E-state index contributed by atoms with van der Waals surface area (Å²) >= 11 is 0. The van der Waals surface area contributed by atoms with Crippen LogP contribution in [-0.2, 0) is 6.42 Å². The number of benzene rings is 2. The van der Waals surface area contributed by atoms with E-state index >= 15 is 0 Å². The first kappa shape index (κ1) is 12.6. The van der Waals surface area contributed by atoms with Crippen LogP contribution in [0, 0.1) is 0 Å². The van der Waals surface area contributed by atoms with E-state index in [4.69, 9.17) is 4.74 Å². The normalized spacial score (nSPS) is 20.0. The summed E-state index contributed by atoms with van der Waals surface area (Å²) < 4.78 is 5.84. The number of para-hydroxylation sites is 3. The fourth-order valence-corrected chi connectivity index (χ4v) is 3.34. The summed E-state index contributed by atoms with van der Waals surface area (Å²) in [4.78, 5) is 2.46. The molecule has 2 aliphatic rings. The maximum Gasteiger partial charge on any atom is 0.142 e. The van der Waals surface area contributed by atoms with Crippen molar-refractivity contribution in [1.82, 2.24) is 0 Å². The van der Waals surface area contributed by atoms with Crippen LogP contribution < -0.4 is 15.0 Å². The third kappa shape index (κ3) is 2.44. The van der Waals surface area contributed by atoms with E-state index in [9.17, 15) is 0 Å². The smallest absolute Gasteiger partial charge is 0.142 e. The predicted octanol–water partition coefficient (Wildman–Crippen LogP) is 3.31. The fraction of sp³-hybridized carbons (Fsp3) is 0.333. The largest absolute Gasteiger partial charge is 0.491 e. The molecule has 0 radical (unpaired) electrons. The summed E-state index contributed by atoms with van der Waals surface area (Å²) in [5, 5.41) is 3.65. The molecule has 108 valence electrons. The van der Waals surface area contributed by atoms with Crippen molar-refractivity contribution in [3.05, 3.63) is 54.1 Å². The first-order valence-electron chi connectivity index (χ1n) is 7.71. The number of hydrogen-bond acceptors (Lipinski definition) is 3. The minimum Gasteiger partial charge on any atom is -0.491 e. The van der Waals surface area contributed by atoms with Gasteiger partial charge in [0.25, 0.3) is 0 Å². The van der Waals surface area contributed by atoms with Gasteiger partial charge in [-0.25, -0.2) is 0 Å². The molecule has 0 fully saturated rings. The number of rotatable bonds is 2. The Balaban J connectivity index is 1.53. The van der Waals surface area contributed by atoms with Crippen LogP contribution >= 0.6 is 0 Å². The lowest BCUT2D eigenvalue weighted by Crippen LogP contribution is -2.36. The van der Waals surface area contributed by atoms with E-state index in [-0.39, 0.29) is 0 Å². The Morgan fingerprint density at radius 3 is 2.90 bits per heavy atom. The molecule has 1 unspecified atom stereocenters. The SMILES string of the molecule is c1ccc2c(c1)CC(CN1CCCOc3ccccc31)N2. The van der Waals surface area contributed by atoms with Crippen molar-refractivity contribution in [2.24, 2.45) is 0 Å². The molecule has 1 atom stereocenters. The molecule has 0 spiro atoms. The van der Waals surface area contributed by atoms with Gasteiger partial charge in [-0.2, -0.15) is 0 Å². The van der Waals surface area contributed by atoms with Gasteiger partial charge in [-0.05, 0) is 36.6 Å². The Labute approximate surface area is 125 Å². The van der Waals surface area contributed by atoms with Crippen LogP contribution in [-0.4, -0.2) is 25.7 Å². The van der Waals surface area contributed by atoms with Gasteiger partial charge in [0.05, 0.1) is 12.3 Å². The molecule has 0 aromatic heterocycles. The maximum absolute atomic E-state index is 5.84. The van der Waals surface area contributed by atoms with Crippen LogP contribution in [0.4, 0.5) is 11.4 Å². The highest BCUT2D eigenvalue weighted by Gasteiger charge is 2.24. The highest BCUT2D eigenvalue weighted by molar-refractivity contribution is 5.61. The topological polar surface area (TPSA) is 24.5 Å². The Morgan fingerprint density at radius 2 is 1.95 bits per heavy atom. The molecule has 2 heterocycles. The second kappa shape index (κ2) is 5.32. The molecule has 0 saturated carbocycles. The summed E-state index contributed by atoms with van der Waals surface area (Å²) in [6.45, 7) is 2.90. The van der Waals surface area contributed by atoms with Crippen LogP contribution in [0.15, 0.2) is 48.5 Å². The molecule has 2 aromatic rings. The minimum absolute atomic E-state index is 0.480. The zero-order valence-corrected chi connectivity index (χ0v) is 12.1. The first-order chi connectivity index (χ1) is 10.4. The van der Waals surface area contributed by atoms with Gasteiger partial charge in [0, 0.05) is 24.8 Å². The maximum atomic E-state index is 5.84. The molecule has 4 rings (SSSR count). The van der Waals surface area contributed by atoms with E-state index in [0.29, 0.717) is 6.04 Å². The van der Waals surface area contributed by atoms with Gasteiger partial charge in [-0.1, -0.05) is 30.3 Å². The first-order valence-corrected chi connectivity index (χ1v) is 7.71. The Kier molecular flexibility index (Phi) is 3.18. The van der Waals surface area contributed by atoms with Crippen LogP contribution in [0.3, 0.4) is 0 Å². The van der Waals surface area contributed by atoms with Crippen LogP contribution in [0.25, 0.3) is 0 Å². The molecular weight excluding hydrogens is 260 g/mol. The number of ether oxygens (including phenoxy) is 1. The quantitative estimate of drug-likeness (QED) is 0.913. The highest BCUT2D eigenvalue weighted by Crippen LogP contribution is 2.32. The van der Waals surface area contributed by atoms with Crippen LogP contribution in [0.1, 0.15) is 12.0 Å². The van der Waals surface area contributed by atoms with Gasteiger partial charge < -0.3 is 15.0 Å². The Bertz CT molecular complexity index is 616. The zero-order valence-electron chi connectivity index (χ0n) is 12.1. The van der Waals surface area contributed by atoms with Crippen LogP contribution in [0.2, 0.25) is 0 Å². The van der Waals surface area contributed by atoms with E-state index < -0.39 is 0 Å². The van der Waals surface area contributed by atoms with Gasteiger partial charge >= 0.3 is 0 Å². The molecule has 3 heteroatoms. The summed E-state index contributed by atoms with van der Waals surface area (Å²) in [7, 11) is 0. The van der Waals surface area contributed by atoms with Crippen molar-refractivity contribution in [3.8, 4) is 5.75 Å². The second-order valence-corrected chi connectivity index (χ2v) is 5.82. The lowest BCUT2D eigenvalue weighted by Gasteiger charge is -2.27. The number of nitrogens with zero attached hydrogens (tertiary/aromatic N) is 1. The summed E-state index contributed by atoms with van der Waals surface area (Å²) in [6, 6.07) is 17.5. The lowest BCUT2D eigenvalue weighted by molar-refractivity contribution is 0.322. The molecular formula is C18H20N2O. The van der Waals surface area contributed by atoms with Gasteiger partial charge in [0.15, 0.2) is 0 Å². The monoisotopic (exact) mass is 280 g/mol. The van der Waals surface area contributed by atoms with Gasteiger partial charge in [0.2, 0.25) is 0 Å². The number of anilines is 2. The van der Waals surface area contributed by atoms with E-state index in [1.807, 2.05) is 6.07 Å². The lowest BCUT2D eigenvalue weighted by atomic mass is 10.1. The summed E-state index contributed by atoms with van der Waals surface area (Å²) in [5.74, 6) is 1.02. The predicted molar refractivity (Wildman–Crippen MR) is 86.3 cm³/mol. The third-order valence-corrected chi connectivity index (χ3v) is 4.32. The number of hydrogen-bond donors (Lipinski definition) is 1. The molecule has 0 saturated heterocycles. The molecule has 1 N–H and O–H groups in total. The summed E-state index contributed by atoms with van der Waals surface area (Å²) in [6.07, 6.45) is 2.18. The van der Waals surface area contributed by atoms with Crippen molar-refractivity contribution >= 4 is 11.4 Å². The Hall–Kier alpha value is -2.16. The highest BCUT2D eigenvalue weighted by atomic mass is 16.5. The standard InChI is InChI=1S/C18H20N2O/c1-2-7-16-14(6-1)12-15(19-16)13-20-10-5-11-21-18-9-4-3-8-17(18)20/h1-4,6-9,15,19H,5,10-13H2. The fourth-order valence-electron chi connectivity index (χ4n) is 3.34. The van der Waals surface area contributed by atoms with Crippen molar-refractivity contribution in [1.29, 1.82) is 0 Å². The number of nitrogens with one attached hydrogen (secondary N) is 1. The third-order valence-electron chi connectivity index (χ3n) is 4.32. The molecule has 2 aliphatic heterocycles. The molecule has 3 nitrogen and oxygen atoms in total. The van der Waals surface area contributed by atoms with Crippen molar-refractivity contribution in [3.63, 3.8) is 0 Å². The zero-order chi connectivity index (χ0) is 14.1. The van der Waals surface area contributed by atoms with E-state index in [2.05, 4.69) is 52.7 Å². The van der Waals surface area contributed by atoms with Gasteiger partial charge in [0.1, 0.15) is 5.75 Å². The average Bonchev–Trinajstić information content (AvgIpc) is 2.82. The molecule has 21 heavy (non-hydrogen) atoms. The van der Waals surface area contributed by atoms with Gasteiger partial charge in [-0.3, -0.25) is 0 Å². The number of fused-ring (bicyclic) bond motifs is 2. The second-order valence-electron chi connectivity index (χ2n) is 5.82. The average molecular weight is 280 g/mol. The molecule has 2 aromatic carbocycles. The molecule has 0 aliphatic carbocycles.